The third-order valence-corrected chi connectivity index (χ3v) is 9.62. The van der Waals surface area contributed by atoms with E-state index in [-0.39, 0.29) is 35.9 Å². The molecule has 2 N–H and O–H groups in total. The number of hydrogen-bond donors (Lipinski definition) is 2. The first-order valence-corrected chi connectivity index (χ1v) is 18.4. The minimum atomic E-state index is -0.883. The lowest BCUT2D eigenvalue weighted by Crippen LogP contribution is -2.42. The Hall–Kier alpha value is -4.88. The number of cyclic esters (lactones) is 2. The molecule has 4 bridgehead atoms. The molecule has 0 saturated carbocycles. The van der Waals surface area contributed by atoms with Crippen LogP contribution in [0.25, 0.3) is 6.08 Å². The SMILES string of the molecule is C/C=C/C(O)C(C)(C)C1CC=CC2OC2C=CC=Cc2nc(co2)C(=O)OC(/C=C/C)C(C)(C)C(O)CC=CC=CC=CC(OC)Cc2nc(co2)C(=O)O1. The van der Waals surface area contributed by atoms with Crippen LogP contribution in [0.4, 0.5) is 0 Å². The van der Waals surface area contributed by atoms with E-state index in [1.807, 2.05) is 96.2 Å². The summed E-state index contributed by atoms with van der Waals surface area (Å²) in [5.74, 6) is -0.829. The highest BCUT2D eigenvalue weighted by Gasteiger charge is 2.40. The van der Waals surface area contributed by atoms with Crippen LogP contribution in [0.15, 0.2) is 113 Å². The highest BCUT2D eigenvalue weighted by Crippen LogP contribution is 2.34. The van der Waals surface area contributed by atoms with Crippen molar-refractivity contribution in [1.82, 2.24) is 9.97 Å². The molecule has 2 aliphatic rings. The van der Waals surface area contributed by atoms with Gasteiger partial charge in [-0.2, -0.15) is 0 Å². The molecule has 2 aromatic rings. The molecule has 1 saturated heterocycles. The molecule has 0 spiro atoms. The number of carbonyl (C=O) groups is 2. The Bertz CT molecular complexity index is 1800. The van der Waals surface area contributed by atoms with Gasteiger partial charge in [-0.1, -0.05) is 113 Å². The van der Waals surface area contributed by atoms with Crippen molar-refractivity contribution < 1.29 is 47.6 Å². The lowest BCUT2D eigenvalue weighted by molar-refractivity contribution is -0.0457. The van der Waals surface area contributed by atoms with E-state index in [1.165, 1.54) is 12.5 Å². The lowest BCUT2D eigenvalue weighted by Gasteiger charge is -2.36. The van der Waals surface area contributed by atoms with E-state index in [0.29, 0.717) is 18.7 Å². The standard InChI is InChI=1S/C43H54N2O10/c1-8-18-34(46)42(3,4)37-24-17-22-33-32(53-33)21-15-16-25-38-44-30(27-51-38)40(48)54-36(19-9-2)43(5,6)35(47)23-14-12-10-11-13-20-29(50-7)26-39-45-31(28-52-39)41(49)55-37/h8-22,25,27-29,32-37,46-47H,23-24,26H2,1-7H3/b11-10?,14-12?,18-8+,19-9+,20-13?,21-15?,22-17?,25-16?. The van der Waals surface area contributed by atoms with E-state index in [2.05, 4.69) is 9.97 Å². The molecule has 4 rings (SSSR count). The number of nitrogens with zero attached hydrogens (tertiary/aromatic N) is 2. The smallest absolute Gasteiger partial charge is 0.360 e. The average molecular weight is 759 g/mol. The maximum Gasteiger partial charge on any atom is 0.360 e. The number of rotatable bonds is 5. The van der Waals surface area contributed by atoms with Crippen molar-refractivity contribution in [1.29, 1.82) is 0 Å². The Morgan fingerprint density at radius 1 is 0.873 bits per heavy atom. The van der Waals surface area contributed by atoms with E-state index in [1.54, 1.807) is 49.6 Å². The van der Waals surface area contributed by atoms with Gasteiger partial charge in [0, 0.05) is 30.4 Å². The Kier molecular flexibility index (Phi) is 15.7. The summed E-state index contributed by atoms with van der Waals surface area (Å²) in [6.45, 7) is 11.0. The third kappa shape index (κ3) is 12.3. The van der Waals surface area contributed by atoms with E-state index in [4.69, 9.17) is 27.8 Å². The predicted molar refractivity (Wildman–Crippen MR) is 208 cm³/mol. The van der Waals surface area contributed by atoms with Gasteiger partial charge >= 0.3 is 11.9 Å². The van der Waals surface area contributed by atoms with Gasteiger partial charge in [0.25, 0.3) is 0 Å². The van der Waals surface area contributed by atoms with Crippen LogP contribution in [-0.4, -0.2) is 82.0 Å². The van der Waals surface area contributed by atoms with Gasteiger partial charge in [-0.05, 0) is 26.3 Å². The zero-order valence-corrected chi connectivity index (χ0v) is 32.6. The molecule has 7 atom stereocenters. The van der Waals surface area contributed by atoms with Gasteiger partial charge in [0.1, 0.15) is 36.9 Å². The number of ether oxygens (including phenoxy) is 4. The van der Waals surface area contributed by atoms with Crippen LogP contribution in [0.1, 0.15) is 87.1 Å². The minimum Gasteiger partial charge on any atom is -0.457 e. The van der Waals surface area contributed by atoms with Crippen molar-refractivity contribution in [2.75, 3.05) is 7.11 Å². The number of aliphatic hydroxyl groups excluding tert-OH is 2. The van der Waals surface area contributed by atoms with Crippen molar-refractivity contribution in [2.24, 2.45) is 10.8 Å². The molecule has 0 radical (unpaired) electrons. The van der Waals surface area contributed by atoms with Gasteiger partial charge in [-0.3, -0.25) is 0 Å². The van der Waals surface area contributed by atoms with Crippen molar-refractivity contribution in [3.63, 3.8) is 0 Å². The Morgan fingerprint density at radius 2 is 1.56 bits per heavy atom. The molecule has 2 aromatic heterocycles. The molecule has 0 aromatic carbocycles. The van der Waals surface area contributed by atoms with Gasteiger partial charge < -0.3 is 38.0 Å². The second-order valence-electron chi connectivity index (χ2n) is 14.5. The Labute approximate surface area is 323 Å². The normalized spacial score (nSPS) is 26.6. The molecule has 7 unspecified atom stereocenters. The molecule has 55 heavy (non-hydrogen) atoms. The number of allylic oxidation sites excluding steroid dienone is 8. The van der Waals surface area contributed by atoms with Crippen LogP contribution < -0.4 is 0 Å². The topological polar surface area (TPSA) is 167 Å². The van der Waals surface area contributed by atoms with Gasteiger partial charge in [0.2, 0.25) is 5.89 Å². The first kappa shape index (κ1) is 42.9. The Balaban J connectivity index is 1.56. The molecule has 296 valence electrons. The van der Waals surface area contributed by atoms with E-state index < -0.39 is 53.3 Å². The molecular weight excluding hydrogens is 704 g/mol. The van der Waals surface area contributed by atoms with Crippen LogP contribution in [0.3, 0.4) is 0 Å². The van der Waals surface area contributed by atoms with Crippen LogP contribution in [-0.2, 0) is 25.4 Å². The largest absolute Gasteiger partial charge is 0.457 e. The number of carbonyl (C=O) groups excluding carboxylic acids is 2. The zero-order valence-electron chi connectivity index (χ0n) is 32.6. The fourth-order valence-electron chi connectivity index (χ4n) is 5.65. The lowest BCUT2D eigenvalue weighted by atomic mass is 9.79. The summed E-state index contributed by atoms with van der Waals surface area (Å²) >= 11 is 0. The molecule has 2 aliphatic heterocycles. The minimum absolute atomic E-state index is 0.00854. The highest BCUT2D eigenvalue weighted by molar-refractivity contribution is 5.87. The first-order valence-electron chi connectivity index (χ1n) is 18.4. The van der Waals surface area contributed by atoms with Gasteiger partial charge in [-0.25, -0.2) is 19.6 Å². The van der Waals surface area contributed by atoms with Crippen molar-refractivity contribution in [2.45, 2.75) is 104 Å². The summed E-state index contributed by atoms with van der Waals surface area (Å²) in [6, 6.07) is 0. The number of epoxide rings is 1. The van der Waals surface area contributed by atoms with Crippen LogP contribution in [0.2, 0.25) is 0 Å². The third-order valence-electron chi connectivity index (χ3n) is 9.62. The van der Waals surface area contributed by atoms with Crippen LogP contribution >= 0.6 is 0 Å². The predicted octanol–water partition coefficient (Wildman–Crippen LogP) is 7.25. The fraction of sp³-hybridized carbons (Fsp3) is 0.442. The second kappa shape index (κ2) is 20.2. The summed E-state index contributed by atoms with van der Waals surface area (Å²) in [7, 11) is 1.56. The molecule has 0 aliphatic carbocycles. The van der Waals surface area contributed by atoms with E-state index in [0.717, 1.165) is 0 Å². The molecule has 12 heteroatoms. The van der Waals surface area contributed by atoms with Gasteiger partial charge in [0.05, 0.1) is 24.7 Å². The maximum atomic E-state index is 13.3. The Morgan fingerprint density at radius 3 is 2.31 bits per heavy atom. The summed E-state index contributed by atoms with van der Waals surface area (Å²) in [6.07, 6.45) is 28.1. The maximum absolute atomic E-state index is 13.3. The summed E-state index contributed by atoms with van der Waals surface area (Å²) in [5, 5.41) is 22.0. The van der Waals surface area contributed by atoms with Crippen LogP contribution in [0.5, 0.6) is 0 Å². The molecule has 1 fully saturated rings. The van der Waals surface area contributed by atoms with E-state index >= 15 is 0 Å². The number of fused-ring (bicyclic) bond motifs is 5. The summed E-state index contributed by atoms with van der Waals surface area (Å²) < 4.78 is 34.2. The monoisotopic (exact) mass is 758 g/mol. The molecule has 4 heterocycles. The van der Waals surface area contributed by atoms with Gasteiger partial charge in [0.15, 0.2) is 17.3 Å². The van der Waals surface area contributed by atoms with Crippen molar-refractivity contribution in [3.8, 4) is 0 Å². The number of oxazole rings is 2. The molecular formula is C43H54N2O10. The number of aromatic nitrogens is 2. The molecule has 12 nitrogen and oxygen atoms in total. The number of aliphatic hydroxyl groups is 2. The second-order valence-corrected chi connectivity index (χ2v) is 14.5. The summed E-state index contributed by atoms with van der Waals surface area (Å²) in [5.41, 5.74) is -1.66. The zero-order chi connectivity index (χ0) is 40.0. The summed E-state index contributed by atoms with van der Waals surface area (Å²) in [4.78, 5) is 35.0. The van der Waals surface area contributed by atoms with E-state index in [9.17, 15) is 19.8 Å². The molecule has 0 amide bonds. The number of hydrogen-bond acceptors (Lipinski definition) is 12. The quantitative estimate of drug-likeness (QED) is 0.178. The number of methoxy groups -OCH3 is 1. The fourth-order valence-corrected chi connectivity index (χ4v) is 5.65. The van der Waals surface area contributed by atoms with Crippen molar-refractivity contribution >= 4 is 18.0 Å². The first-order chi connectivity index (χ1) is 26.3. The number of esters is 2. The van der Waals surface area contributed by atoms with Crippen molar-refractivity contribution in [3.05, 3.63) is 127 Å². The van der Waals surface area contributed by atoms with Gasteiger partial charge in [-0.15, -0.1) is 0 Å². The highest BCUT2D eigenvalue weighted by atomic mass is 16.6. The van der Waals surface area contributed by atoms with Crippen LogP contribution in [0, 0.1) is 10.8 Å². The average Bonchev–Trinajstić information content (AvgIpc) is 3.47.